The first-order valence-electron chi connectivity index (χ1n) is 10.9. The molecule has 2 N–H and O–H groups in total. The maximum absolute atomic E-state index is 12.2. The summed E-state index contributed by atoms with van der Waals surface area (Å²) < 4.78 is 2.28. The zero-order valence-corrected chi connectivity index (χ0v) is 19.3. The van der Waals surface area contributed by atoms with E-state index >= 15 is 0 Å². The van der Waals surface area contributed by atoms with E-state index in [0.717, 1.165) is 23.1 Å². The molecule has 33 heavy (non-hydrogen) atoms. The summed E-state index contributed by atoms with van der Waals surface area (Å²) in [7, 11) is 0. The summed E-state index contributed by atoms with van der Waals surface area (Å²) in [5, 5.41) is 9.76. The number of fused-ring (bicyclic) bond motifs is 3. The van der Waals surface area contributed by atoms with Gasteiger partial charge in [0.25, 0.3) is 0 Å². The average Bonchev–Trinajstić information content (AvgIpc) is 3.14. The molecule has 2 amide bonds. The third kappa shape index (κ3) is 4.91. The third-order valence-electron chi connectivity index (χ3n) is 5.64. The molecule has 0 unspecified atom stereocenters. The molecule has 4 rings (SSSR count). The van der Waals surface area contributed by atoms with Crippen molar-refractivity contribution in [2.45, 2.75) is 33.2 Å². The Morgan fingerprint density at radius 3 is 2.55 bits per heavy atom. The number of nitrogens with one attached hydrogen (secondary N) is 2. The van der Waals surface area contributed by atoms with Gasteiger partial charge in [0.05, 0.1) is 6.21 Å². The number of hydrogen-bond donors (Lipinski definition) is 2. The highest BCUT2D eigenvalue weighted by Crippen LogP contribution is 2.29. The molecule has 0 atom stereocenters. The number of anilines is 1. The van der Waals surface area contributed by atoms with Crippen LogP contribution in [-0.2, 0) is 16.1 Å². The summed E-state index contributed by atoms with van der Waals surface area (Å²) in [5.41, 5.74) is 7.18. The lowest BCUT2D eigenvalue weighted by Crippen LogP contribution is -2.20. The second-order valence-corrected chi connectivity index (χ2v) is 8.20. The van der Waals surface area contributed by atoms with Crippen LogP contribution < -0.4 is 10.7 Å². The number of carbonyl (C=O) groups excluding carboxylic acids is 2. The number of halogens is 1. The highest BCUT2D eigenvalue weighted by Gasteiger charge is 2.10. The smallest absolute Gasteiger partial charge is 0.240 e. The zero-order valence-electron chi connectivity index (χ0n) is 18.6. The van der Waals surface area contributed by atoms with Crippen molar-refractivity contribution in [3.63, 3.8) is 0 Å². The molecule has 4 aromatic rings. The summed E-state index contributed by atoms with van der Waals surface area (Å²) >= 11 is 6.07. The molecule has 0 saturated heterocycles. The number of carbonyl (C=O) groups is 2. The normalized spacial score (nSPS) is 11.4. The van der Waals surface area contributed by atoms with Crippen molar-refractivity contribution in [1.29, 1.82) is 0 Å². The van der Waals surface area contributed by atoms with E-state index in [1.165, 1.54) is 16.4 Å². The highest BCUT2D eigenvalue weighted by molar-refractivity contribution is 6.31. The van der Waals surface area contributed by atoms with E-state index in [1.54, 1.807) is 24.4 Å². The number of amides is 2. The Morgan fingerprint density at radius 2 is 1.73 bits per heavy atom. The van der Waals surface area contributed by atoms with Gasteiger partial charge in [-0.2, -0.15) is 5.10 Å². The third-order valence-corrected chi connectivity index (χ3v) is 6.05. The predicted octanol–water partition coefficient (Wildman–Crippen LogP) is 5.65. The molecule has 0 spiro atoms. The van der Waals surface area contributed by atoms with E-state index in [1.807, 2.05) is 25.1 Å². The Labute approximate surface area is 197 Å². The lowest BCUT2D eigenvalue weighted by molar-refractivity contribution is -0.124. The van der Waals surface area contributed by atoms with Gasteiger partial charge in [0, 0.05) is 51.9 Å². The van der Waals surface area contributed by atoms with Gasteiger partial charge in [-0.15, -0.1) is 0 Å². The maximum atomic E-state index is 12.2. The predicted molar refractivity (Wildman–Crippen MR) is 135 cm³/mol. The molecule has 0 aliphatic carbocycles. The molecule has 0 bridgehead atoms. The maximum Gasteiger partial charge on any atom is 0.240 e. The highest BCUT2D eigenvalue weighted by atomic mass is 35.5. The van der Waals surface area contributed by atoms with Gasteiger partial charge in [-0.3, -0.25) is 9.59 Å². The SMILES string of the molecule is CCn1c2ccccc2c2cc(C=NNC(=O)CCC(=O)Nc3cccc(Cl)c3C)ccc21. The fourth-order valence-corrected chi connectivity index (χ4v) is 4.08. The molecule has 3 aromatic carbocycles. The van der Waals surface area contributed by atoms with Crippen LogP contribution in [0.3, 0.4) is 0 Å². The fraction of sp³-hybridized carbons (Fsp3) is 0.192. The Bertz CT molecular complexity index is 1370. The number of benzene rings is 3. The lowest BCUT2D eigenvalue weighted by atomic mass is 10.1. The largest absolute Gasteiger partial charge is 0.341 e. The van der Waals surface area contributed by atoms with E-state index < -0.39 is 0 Å². The van der Waals surface area contributed by atoms with Gasteiger partial charge in [0.1, 0.15) is 0 Å². The van der Waals surface area contributed by atoms with Crippen molar-refractivity contribution in [2.24, 2.45) is 5.10 Å². The summed E-state index contributed by atoms with van der Waals surface area (Å²) in [6.07, 6.45) is 1.70. The number of aromatic nitrogens is 1. The molecule has 0 aliphatic rings. The number of aryl methyl sites for hydroxylation is 1. The number of para-hydroxylation sites is 1. The molecule has 0 saturated carbocycles. The van der Waals surface area contributed by atoms with Gasteiger partial charge in [-0.05, 0) is 55.3 Å². The fourth-order valence-electron chi connectivity index (χ4n) is 3.91. The zero-order chi connectivity index (χ0) is 23.4. The Hall–Kier alpha value is -3.64. The first kappa shape index (κ1) is 22.6. The van der Waals surface area contributed by atoms with Crippen molar-refractivity contribution < 1.29 is 9.59 Å². The second-order valence-electron chi connectivity index (χ2n) is 7.79. The van der Waals surface area contributed by atoms with Crippen molar-refractivity contribution in [3.05, 3.63) is 76.8 Å². The topological polar surface area (TPSA) is 75.5 Å². The average molecular weight is 461 g/mol. The van der Waals surface area contributed by atoms with Crippen molar-refractivity contribution in [2.75, 3.05) is 5.32 Å². The molecule has 0 radical (unpaired) electrons. The first-order chi connectivity index (χ1) is 16.0. The van der Waals surface area contributed by atoms with Crippen molar-refractivity contribution in [3.8, 4) is 0 Å². The summed E-state index contributed by atoms with van der Waals surface area (Å²) in [5.74, 6) is -0.579. The van der Waals surface area contributed by atoms with Crippen LogP contribution >= 0.6 is 11.6 Å². The standard InChI is InChI=1S/C26H25ClN4O2/c1-3-31-23-10-5-4-7-19(23)20-15-18(11-12-24(20)31)16-28-30-26(33)14-13-25(32)29-22-9-6-8-21(27)17(22)2/h4-12,15-16H,3,13-14H2,1-2H3,(H,29,32)(H,30,33). The van der Waals surface area contributed by atoms with Crippen LogP contribution in [0.25, 0.3) is 21.8 Å². The van der Waals surface area contributed by atoms with E-state index in [2.05, 4.69) is 51.6 Å². The number of hydrazone groups is 1. The molecule has 6 nitrogen and oxygen atoms in total. The minimum absolute atomic E-state index is 0.0335. The summed E-state index contributed by atoms with van der Waals surface area (Å²) in [6.45, 7) is 4.85. The Kier molecular flexibility index (Phi) is 6.75. The van der Waals surface area contributed by atoms with E-state index in [-0.39, 0.29) is 24.7 Å². The van der Waals surface area contributed by atoms with Gasteiger partial charge in [0.15, 0.2) is 0 Å². The van der Waals surface area contributed by atoms with Crippen LogP contribution in [0.15, 0.2) is 65.8 Å². The van der Waals surface area contributed by atoms with Crippen LogP contribution in [-0.4, -0.2) is 22.6 Å². The number of nitrogens with zero attached hydrogens (tertiary/aromatic N) is 2. The van der Waals surface area contributed by atoms with Crippen LogP contribution in [0, 0.1) is 6.92 Å². The minimum Gasteiger partial charge on any atom is -0.341 e. The van der Waals surface area contributed by atoms with Gasteiger partial charge < -0.3 is 9.88 Å². The van der Waals surface area contributed by atoms with Crippen LogP contribution in [0.2, 0.25) is 5.02 Å². The molecular formula is C26H25ClN4O2. The van der Waals surface area contributed by atoms with Crippen LogP contribution in [0.1, 0.15) is 30.9 Å². The quantitative estimate of drug-likeness (QED) is 0.276. The molecule has 1 aromatic heterocycles. The Morgan fingerprint density at radius 1 is 0.970 bits per heavy atom. The van der Waals surface area contributed by atoms with Gasteiger partial charge in [-0.1, -0.05) is 41.9 Å². The molecule has 0 aliphatic heterocycles. The molecular weight excluding hydrogens is 436 g/mol. The Balaban J connectivity index is 1.36. The van der Waals surface area contributed by atoms with Crippen molar-refractivity contribution in [1.82, 2.24) is 9.99 Å². The molecule has 7 heteroatoms. The molecule has 0 fully saturated rings. The second kappa shape index (κ2) is 9.88. The molecule has 1 heterocycles. The number of hydrogen-bond acceptors (Lipinski definition) is 3. The van der Waals surface area contributed by atoms with Gasteiger partial charge >= 0.3 is 0 Å². The first-order valence-corrected chi connectivity index (χ1v) is 11.2. The van der Waals surface area contributed by atoms with E-state index in [0.29, 0.717) is 10.7 Å². The lowest BCUT2D eigenvalue weighted by Gasteiger charge is -2.09. The van der Waals surface area contributed by atoms with Crippen molar-refractivity contribution >= 4 is 57.1 Å². The summed E-state index contributed by atoms with van der Waals surface area (Å²) in [6, 6.07) is 19.7. The van der Waals surface area contributed by atoms with E-state index in [9.17, 15) is 9.59 Å². The van der Waals surface area contributed by atoms with Gasteiger partial charge in [0.2, 0.25) is 11.8 Å². The van der Waals surface area contributed by atoms with Gasteiger partial charge in [-0.25, -0.2) is 5.43 Å². The number of rotatable bonds is 7. The monoisotopic (exact) mass is 460 g/mol. The van der Waals surface area contributed by atoms with Crippen LogP contribution in [0.5, 0.6) is 0 Å². The summed E-state index contributed by atoms with van der Waals surface area (Å²) in [4.78, 5) is 24.3. The van der Waals surface area contributed by atoms with E-state index in [4.69, 9.17) is 11.6 Å². The van der Waals surface area contributed by atoms with Crippen LogP contribution in [0.4, 0.5) is 5.69 Å². The molecule has 168 valence electrons. The minimum atomic E-state index is -0.326.